The Hall–Kier alpha value is -1.95. The molecule has 0 spiro atoms. The average Bonchev–Trinajstić information content (AvgIpc) is 2.97. The fourth-order valence-electron chi connectivity index (χ4n) is 3.04. The Bertz CT molecular complexity index is 602. The zero-order valence-electron chi connectivity index (χ0n) is 13.1. The highest BCUT2D eigenvalue weighted by Gasteiger charge is 2.26. The minimum Gasteiger partial charge on any atom is -0.338 e. The molecule has 2 aromatic rings. The van der Waals surface area contributed by atoms with Gasteiger partial charge in [-0.3, -0.25) is 4.98 Å². The number of nitrogens with one attached hydrogen (secondary N) is 1. The normalized spacial score (nSPS) is 18.4. The van der Waals surface area contributed by atoms with Crippen molar-refractivity contribution in [2.45, 2.75) is 38.1 Å². The molecule has 3 rings (SSSR count). The molecule has 5 nitrogen and oxygen atoms in total. The summed E-state index contributed by atoms with van der Waals surface area (Å²) in [6.07, 6.45) is 10.6. The number of carbonyl (C=O) groups is 1. The number of likely N-dealkylation sites (tertiary alicyclic amines) is 1. The molecular formula is C17H22N4OS. The van der Waals surface area contributed by atoms with E-state index in [1.807, 2.05) is 22.4 Å². The Labute approximate surface area is 140 Å². The number of hydrogen-bond acceptors (Lipinski definition) is 4. The molecule has 122 valence electrons. The van der Waals surface area contributed by atoms with E-state index in [0.717, 1.165) is 37.2 Å². The molecule has 0 aliphatic carbocycles. The predicted molar refractivity (Wildman–Crippen MR) is 91.4 cm³/mol. The summed E-state index contributed by atoms with van der Waals surface area (Å²) in [6.45, 7) is 1.45. The molecule has 0 unspecified atom stereocenters. The summed E-state index contributed by atoms with van der Waals surface area (Å²) >= 11 is 1.63. The third-order valence-electron chi connectivity index (χ3n) is 4.20. The van der Waals surface area contributed by atoms with Crippen LogP contribution < -0.4 is 5.32 Å². The Morgan fingerprint density at radius 3 is 2.91 bits per heavy atom. The second-order valence-electron chi connectivity index (χ2n) is 5.75. The number of aromatic nitrogens is 2. The first-order chi connectivity index (χ1) is 11.3. The van der Waals surface area contributed by atoms with Crippen LogP contribution in [-0.2, 0) is 6.42 Å². The molecule has 1 saturated heterocycles. The predicted octanol–water partition coefficient (Wildman–Crippen LogP) is 3.41. The number of hydrogen-bond donors (Lipinski definition) is 1. The van der Waals surface area contributed by atoms with E-state index in [1.165, 1.54) is 12.0 Å². The molecule has 0 bridgehead atoms. The Morgan fingerprint density at radius 2 is 2.13 bits per heavy atom. The van der Waals surface area contributed by atoms with Crippen LogP contribution in [0, 0.1) is 0 Å². The lowest BCUT2D eigenvalue weighted by molar-refractivity contribution is 0.176. The van der Waals surface area contributed by atoms with Crippen molar-refractivity contribution < 1.29 is 4.79 Å². The number of carbonyl (C=O) groups excluding carboxylic acids is 1. The van der Waals surface area contributed by atoms with Gasteiger partial charge in [-0.1, -0.05) is 12.8 Å². The first-order valence-corrected chi connectivity index (χ1v) is 9.05. The van der Waals surface area contributed by atoms with Crippen LogP contribution in [0.2, 0.25) is 0 Å². The van der Waals surface area contributed by atoms with Crippen LogP contribution in [-0.4, -0.2) is 34.0 Å². The quantitative estimate of drug-likeness (QED) is 0.934. The molecule has 2 amide bonds. The molecule has 6 heteroatoms. The van der Waals surface area contributed by atoms with Gasteiger partial charge in [0.25, 0.3) is 0 Å². The van der Waals surface area contributed by atoms with Crippen molar-refractivity contribution in [3.05, 3.63) is 46.7 Å². The van der Waals surface area contributed by atoms with Crippen LogP contribution in [0.1, 0.15) is 42.3 Å². The summed E-state index contributed by atoms with van der Waals surface area (Å²) in [6, 6.07) is 4.23. The number of amides is 2. The van der Waals surface area contributed by atoms with Crippen LogP contribution in [0.4, 0.5) is 4.79 Å². The lowest BCUT2D eigenvalue weighted by atomic mass is 10.0. The first-order valence-electron chi connectivity index (χ1n) is 8.17. The van der Waals surface area contributed by atoms with Crippen molar-refractivity contribution in [2.75, 3.05) is 13.1 Å². The van der Waals surface area contributed by atoms with Gasteiger partial charge in [0.1, 0.15) is 0 Å². The zero-order chi connectivity index (χ0) is 15.9. The maximum Gasteiger partial charge on any atom is 0.317 e. The molecule has 3 heterocycles. The van der Waals surface area contributed by atoms with Gasteiger partial charge in [0.2, 0.25) is 0 Å². The molecule has 23 heavy (non-hydrogen) atoms. The zero-order valence-corrected chi connectivity index (χ0v) is 14.0. The van der Waals surface area contributed by atoms with E-state index in [-0.39, 0.29) is 12.1 Å². The summed E-state index contributed by atoms with van der Waals surface area (Å²) in [5, 5.41) is 6.08. The topological polar surface area (TPSA) is 58.1 Å². The molecule has 2 aromatic heterocycles. The smallest absolute Gasteiger partial charge is 0.317 e. The summed E-state index contributed by atoms with van der Waals surface area (Å²) in [4.78, 5) is 23.0. The number of rotatable bonds is 4. The molecular weight excluding hydrogens is 308 g/mol. The minimum atomic E-state index is 0.0327. The summed E-state index contributed by atoms with van der Waals surface area (Å²) < 4.78 is 0. The molecule has 1 aliphatic heterocycles. The summed E-state index contributed by atoms with van der Waals surface area (Å²) in [7, 11) is 0. The lowest BCUT2D eigenvalue weighted by Gasteiger charge is -2.30. The summed E-state index contributed by atoms with van der Waals surface area (Å²) in [5.41, 5.74) is 1.18. The fraction of sp³-hybridized carbons (Fsp3) is 0.471. The Morgan fingerprint density at radius 1 is 1.26 bits per heavy atom. The van der Waals surface area contributed by atoms with Crippen LogP contribution >= 0.6 is 11.3 Å². The highest BCUT2D eigenvalue weighted by atomic mass is 32.1. The van der Waals surface area contributed by atoms with Gasteiger partial charge < -0.3 is 10.2 Å². The minimum absolute atomic E-state index is 0.0327. The summed E-state index contributed by atoms with van der Waals surface area (Å²) in [5.74, 6) is 0. The number of nitrogens with zero attached hydrogens (tertiary/aromatic N) is 3. The number of urea groups is 1. The van der Waals surface area contributed by atoms with Gasteiger partial charge in [-0.05, 0) is 30.5 Å². The second kappa shape index (κ2) is 8.06. The van der Waals surface area contributed by atoms with Crippen LogP contribution in [0.3, 0.4) is 0 Å². The van der Waals surface area contributed by atoms with Crippen LogP contribution in [0.15, 0.2) is 36.1 Å². The van der Waals surface area contributed by atoms with Crippen molar-refractivity contribution in [2.24, 2.45) is 0 Å². The highest BCUT2D eigenvalue weighted by molar-refractivity contribution is 7.09. The standard InChI is InChI=1S/C17H22N4OS/c22-17(20-10-7-16-19-11-13-23-16)21-12-3-1-2-4-15(21)14-5-8-18-9-6-14/h5-6,8-9,11,13,15H,1-4,7,10,12H2,(H,20,22)/t15-/m1/s1. The van der Waals surface area contributed by atoms with Gasteiger partial charge in [0.15, 0.2) is 0 Å². The van der Waals surface area contributed by atoms with Gasteiger partial charge in [0, 0.05) is 43.5 Å². The van der Waals surface area contributed by atoms with Gasteiger partial charge in [-0.2, -0.15) is 0 Å². The number of pyridine rings is 1. The average molecular weight is 330 g/mol. The molecule has 1 aliphatic rings. The van der Waals surface area contributed by atoms with Gasteiger partial charge in [-0.15, -0.1) is 11.3 Å². The van der Waals surface area contributed by atoms with Crippen molar-refractivity contribution >= 4 is 17.4 Å². The SMILES string of the molecule is O=C(NCCc1nccs1)N1CCCCC[C@@H]1c1ccncc1. The van der Waals surface area contributed by atoms with E-state index in [0.29, 0.717) is 6.54 Å². The molecule has 1 atom stereocenters. The second-order valence-corrected chi connectivity index (χ2v) is 6.73. The first kappa shape index (κ1) is 15.9. The highest BCUT2D eigenvalue weighted by Crippen LogP contribution is 2.29. The van der Waals surface area contributed by atoms with Gasteiger partial charge in [0.05, 0.1) is 11.0 Å². The number of thiazole rings is 1. The Kier molecular flexibility index (Phi) is 5.58. The molecule has 1 fully saturated rings. The van der Waals surface area contributed by atoms with Crippen molar-refractivity contribution in [1.29, 1.82) is 0 Å². The maximum atomic E-state index is 12.6. The monoisotopic (exact) mass is 330 g/mol. The Balaban J connectivity index is 1.63. The van der Waals surface area contributed by atoms with E-state index in [2.05, 4.69) is 15.3 Å². The van der Waals surface area contributed by atoms with E-state index in [4.69, 9.17) is 0 Å². The van der Waals surface area contributed by atoms with Crippen molar-refractivity contribution in [3.63, 3.8) is 0 Å². The van der Waals surface area contributed by atoms with E-state index in [9.17, 15) is 4.79 Å². The van der Waals surface area contributed by atoms with Crippen LogP contribution in [0.5, 0.6) is 0 Å². The van der Waals surface area contributed by atoms with Crippen molar-refractivity contribution in [1.82, 2.24) is 20.2 Å². The third kappa shape index (κ3) is 4.28. The van der Waals surface area contributed by atoms with Crippen molar-refractivity contribution in [3.8, 4) is 0 Å². The lowest BCUT2D eigenvalue weighted by Crippen LogP contribution is -2.42. The molecule has 0 radical (unpaired) electrons. The van der Waals surface area contributed by atoms with Gasteiger partial charge in [-0.25, -0.2) is 9.78 Å². The largest absolute Gasteiger partial charge is 0.338 e. The third-order valence-corrected chi connectivity index (χ3v) is 5.04. The van der Waals surface area contributed by atoms with Gasteiger partial charge >= 0.3 is 6.03 Å². The van der Waals surface area contributed by atoms with E-state index < -0.39 is 0 Å². The van der Waals surface area contributed by atoms with E-state index >= 15 is 0 Å². The fourth-order valence-corrected chi connectivity index (χ4v) is 3.66. The molecule has 0 saturated carbocycles. The maximum absolute atomic E-state index is 12.6. The van der Waals surface area contributed by atoms with Crippen LogP contribution in [0.25, 0.3) is 0 Å². The van der Waals surface area contributed by atoms with E-state index in [1.54, 1.807) is 29.9 Å². The molecule has 0 aromatic carbocycles. The molecule has 1 N–H and O–H groups in total.